The Labute approximate surface area is 119 Å². The molecule has 5 heteroatoms. The zero-order valence-electron chi connectivity index (χ0n) is 10.2. The SMILES string of the molecule is Cc1cc(Br)c(F)cc1Nc1ccc(N)cc1C#N. The molecule has 0 radical (unpaired) electrons. The average Bonchev–Trinajstić information content (AvgIpc) is 2.37. The fraction of sp³-hybridized carbons (Fsp3) is 0.0714. The molecule has 0 bridgehead atoms. The first-order valence-corrected chi connectivity index (χ1v) is 6.33. The van der Waals surface area contributed by atoms with Gasteiger partial charge in [-0.3, -0.25) is 0 Å². The summed E-state index contributed by atoms with van der Waals surface area (Å²) in [6.45, 7) is 1.86. The number of hydrogen-bond acceptors (Lipinski definition) is 3. The molecule has 2 rings (SSSR count). The fourth-order valence-corrected chi connectivity index (χ4v) is 2.15. The molecule has 3 N–H and O–H groups in total. The van der Waals surface area contributed by atoms with Crippen molar-refractivity contribution in [2.24, 2.45) is 0 Å². The predicted octanol–water partition coefficient (Wildman–Crippen LogP) is 4.09. The van der Waals surface area contributed by atoms with Gasteiger partial charge in [0, 0.05) is 11.4 Å². The van der Waals surface area contributed by atoms with E-state index in [0.29, 0.717) is 27.1 Å². The maximum absolute atomic E-state index is 13.5. The van der Waals surface area contributed by atoms with Gasteiger partial charge in [0.25, 0.3) is 0 Å². The van der Waals surface area contributed by atoms with E-state index >= 15 is 0 Å². The summed E-state index contributed by atoms with van der Waals surface area (Å²) in [5.41, 5.74) is 8.64. The van der Waals surface area contributed by atoms with E-state index in [1.807, 2.05) is 6.92 Å². The maximum Gasteiger partial charge on any atom is 0.139 e. The summed E-state index contributed by atoms with van der Waals surface area (Å²) in [6.07, 6.45) is 0. The van der Waals surface area contributed by atoms with Crippen LogP contribution in [0.2, 0.25) is 0 Å². The fourth-order valence-electron chi connectivity index (χ4n) is 1.69. The highest BCUT2D eigenvalue weighted by Gasteiger charge is 2.08. The second kappa shape index (κ2) is 5.29. The Balaban J connectivity index is 2.42. The van der Waals surface area contributed by atoms with E-state index < -0.39 is 0 Å². The number of nitrogen functional groups attached to an aromatic ring is 1. The topological polar surface area (TPSA) is 61.8 Å². The summed E-state index contributed by atoms with van der Waals surface area (Å²) in [5, 5.41) is 12.1. The third-order valence-corrected chi connectivity index (χ3v) is 3.31. The Bertz CT molecular complexity index is 677. The van der Waals surface area contributed by atoms with Crippen LogP contribution < -0.4 is 11.1 Å². The number of rotatable bonds is 2. The van der Waals surface area contributed by atoms with Crippen molar-refractivity contribution in [1.29, 1.82) is 5.26 Å². The monoisotopic (exact) mass is 319 g/mol. The van der Waals surface area contributed by atoms with E-state index in [2.05, 4.69) is 27.3 Å². The molecule has 19 heavy (non-hydrogen) atoms. The van der Waals surface area contributed by atoms with Gasteiger partial charge in [-0.05, 0) is 58.7 Å². The molecule has 0 saturated carbocycles. The van der Waals surface area contributed by atoms with Crippen LogP contribution in [0.5, 0.6) is 0 Å². The van der Waals surface area contributed by atoms with Gasteiger partial charge in [-0.2, -0.15) is 5.26 Å². The standard InChI is InChI=1S/C14H11BrFN3/c1-8-4-11(15)12(16)6-14(8)19-13-3-2-10(18)5-9(13)7-17/h2-6,19H,18H2,1H3. The quantitative estimate of drug-likeness (QED) is 0.819. The van der Waals surface area contributed by atoms with Crippen molar-refractivity contribution in [1.82, 2.24) is 0 Å². The number of nitrogens with one attached hydrogen (secondary N) is 1. The highest BCUT2D eigenvalue weighted by atomic mass is 79.9. The van der Waals surface area contributed by atoms with E-state index in [-0.39, 0.29) is 5.82 Å². The number of nitrogens with zero attached hydrogens (tertiary/aromatic N) is 1. The number of anilines is 3. The minimum Gasteiger partial charge on any atom is -0.399 e. The minimum atomic E-state index is -0.359. The van der Waals surface area contributed by atoms with Gasteiger partial charge in [-0.1, -0.05) is 0 Å². The lowest BCUT2D eigenvalue weighted by Crippen LogP contribution is -1.98. The van der Waals surface area contributed by atoms with Gasteiger partial charge in [0.1, 0.15) is 11.9 Å². The third kappa shape index (κ3) is 2.85. The molecule has 0 amide bonds. The Kier molecular flexibility index (Phi) is 3.72. The first kappa shape index (κ1) is 13.4. The van der Waals surface area contributed by atoms with Crippen LogP contribution in [-0.2, 0) is 0 Å². The summed E-state index contributed by atoms with van der Waals surface area (Å²) in [6, 6.07) is 10.1. The zero-order chi connectivity index (χ0) is 14.0. The third-order valence-electron chi connectivity index (χ3n) is 2.70. The Morgan fingerprint density at radius 3 is 2.68 bits per heavy atom. The first-order chi connectivity index (χ1) is 9.01. The number of halogens is 2. The largest absolute Gasteiger partial charge is 0.399 e. The van der Waals surface area contributed by atoms with Crippen LogP contribution in [0.3, 0.4) is 0 Å². The predicted molar refractivity (Wildman–Crippen MR) is 77.7 cm³/mol. The minimum absolute atomic E-state index is 0.359. The van der Waals surface area contributed by atoms with Crippen molar-refractivity contribution in [3.05, 3.63) is 51.7 Å². The molecule has 0 aliphatic rings. The van der Waals surface area contributed by atoms with Gasteiger partial charge in [-0.25, -0.2) is 4.39 Å². The number of benzene rings is 2. The summed E-state index contributed by atoms with van der Waals surface area (Å²) in [4.78, 5) is 0. The average molecular weight is 320 g/mol. The molecular formula is C14H11BrFN3. The molecular weight excluding hydrogens is 309 g/mol. The molecule has 0 aliphatic heterocycles. The van der Waals surface area contributed by atoms with Crippen molar-refractivity contribution in [2.45, 2.75) is 6.92 Å². The summed E-state index contributed by atoms with van der Waals surface area (Å²) >= 11 is 3.13. The van der Waals surface area contributed by atoms with Gasteiger partial charge >= 0.3 is 0 Å². The lowest BCUT2D eigenvalue weighted by molar-refractivity contribution is 0.621. The lowest BCUT2D eigenvalue weighted by Gasteiger charge is -2.12. The van der Waals surface area contributed by atoms with Crippen molar-refractivity contribution in [2.75, 3.05) is 11.1 Å². The molecule has 0 fully saturated rings. The number of nitriles is 1. The van der Waals surface area contributed by atoms with Gasteiger partial charge in [0.05, 0.1) is 15.7 Å². The van der Waals surface area contributed by atoms with Crippen LogP contribution >= 0.6 is 15.9 Å². The summed E-state index contributed by atoms with van der Waals surface area (Å²) in [7, 11) is 0. The Morgan fingerprint density at radius 2 is 2.00 bits per heavy atom. The lowest BCUT2D eigenvalue weighted by atomic mass is 10.1. The highest BCUT2D eigenvalue weighted by molar-refractivity contribution is 9.10. The molecule has 0 atom stereocenters. The second-order valence-electron chi connectivity index (χ2n) is 4.12. The Morgan fingerprint density at radius 1 is 1.26 bits per heavy atom. The molecule has 3 nitrogen and oxygen atoms in total. The van der Waals surface area contributed by atoms with E-state index in [0.717, 1.165) is 5.56 Å². The van der Waals surface area contributed by atoms with Gasteiger partial charge in [0.2, 0.25) is 0 Å². The smallest absolute Gasteiger partial charge is 0.139 e. The van der Waals surface area contributed by atoms with Crippen LogP contribution in [0.1, 0.15) is 11.1 Å². The summed E-state index contributed by atoms with van der Waals surface area (Å²) in [5.74, 6) is -0.359. The normalized spacial score (nSPS) is 10.0. The van der Waals surface area contributed by atoms with Crippen molar-refractivity contribution in [3.8, 4) is 6.07 Å². The van der Waals surface area contributed by atoms with Crippen molar-refractivity contribution < 1.29 is 4.39 Å². The summed E-state index contributed by atoms with van der Waals surface area (Å²) < 4.78 is 13.9. The molecule has 0 aliphatic carbocycles. The van der Waals surface area contributed by atoms with Crippen molar-refractivity contribution in [3.63, 3.8) is 0 Å². The molecule has 0 spiro atoms. The molecule has 0 saturated heterocycles. The highest BCUT2D eigenvalue weighted by Crippen LogP contribution is 2.28. The molecule has 0 heterocycles. The zero-order valence-corrected chi connectivity index (χ0v) is 11.8. The van der Waals surface area contributed by atoms with Gasteiger partial charge in [-0.15, -0.1) is 0 Å². The molecule has 2 aromatic carbocycles. The van der Waals surface area contributed by atoms with Crippen LogP contribution in [0.15, 0.2) is 34.8 Å². The second-order valence-corrected chi connectivity index (χ2v) is 4.98. The van der Waals surface area contributed by atoms with Crippen LogP contribution in [0.25, 0.3) is 0 Å². The number of hydrogen-bond donors (Lipinski definition) is 2. The molecule has 2 aromatic rings. The Hall–Kier alpha value is -2.06. The van der Waals surface area contributed by atoms with Gasteiger partial charge < -0.3 is 11.1 Å². The van der Waals surface area contributed by atoms with E-state index in [1.54, 1.807) is 24.3 Å². The van der Waals surface area contributed by atoms with E-state index in [9.17, 15) is 4.39 Å². The molecule has 0 unspecified atom stereocenters. The van der Waals surface area contributed by atoms with Crippen LogP contribution in [-0.4, -0.2) is 0 Å². The molecule has 96 valence electrons. The maximum atomic E-state index is 13.5. The number of nitrogens with two attached hydrogens (primary N) is 1. The van der Waals surface area contributed by atoms with Crippen LogP contribution in [0, 0.1) is 24.1 Å². The van der Waals surface area contributed by atoms with Gasteiger partial charge in [0.15, 0.2) is 0 Å². The van der Waals surface area contributed by atoms with E-state index in [1.165, 1.54) is 6.07 Å². The van der Waals surface area contributed by atoms with E-state index in [4.69, 9.17) is 11.0 Å². The number of aryl methyl sites for hydroxylation is 1. The van der Waals surface area contributed by atoms with Crippen LogP contribution in [0.4, 0.5) is 21.5 Å². The molecule has 0 aromatic heterocycles. The first-order valence-electron chi connectivity index (χ1n) is 5.53. The van der Waals surface area contributed by atoms with Crippen molar-refractivity contribution >= 4 is 33.0 Å².